The summed E-state index contributed by atoms with van der Waals surface area (Å²) in [4.78, 5) is 25.5. The zero-order chi connectivity index (χ0) is 23.4. The predicted octanol–water partition coefficient (Wildman–Crippen LogP) is 2.97. The second kappa shape index (κ2) is 9.83. The van der Waals surface area contributed by atoms with E-state index >= 15 is 0 Å². The minimum atomic E-state index is -0.220. The van der Waals surface area contributed by atoms with Crippen molar-refractivity contribution in [3.8, 4) is 0 Å². The summed E-state index contributed by atoms with van der Waals surface area (Å²) in [6.45, 7) is 8.84. The summed E-state index contributed by atoms with van der Waals surface area (Å²) < 4.78 is 1.91. The number of nitrogens with zero attached hydrogens (tertiary/aromatic N) is 6. The number of hydrogen-bond acceptors (Lipinski definition) is 7. The lowest BCUT2D eigenvalue weighted by atomic mass is 10.2. The fourth-order valence-electron chi connectivity index (χ4n) is 3.84. The van der Waals surface area contributed by atoms with Gasteiger partial charge in [0.05, 0.1) is 18.4 Å². The van der Waals surface area contributed by atoms with Crippen molar-refractivity contribution in [2.45, 2.75) is 26.4 Å². The van der Waals surface area contributed by atoms with Gasteiger partial charge in [0.1, 0.15) is 5.82 Å². The molecular formula is C24H30N8O. The number of hydrogen-bond donors (Lipinski definition) is 2. The van der Waals surface area contributed by atoms with Crippen LogP contribution in [0.1, 0.15) is 16.8 Å². The molecule has 3 heterocycles. The van der Waals surface area contributed by atoms with Gasteiger partial charge in [-0.05, 0) is 51.2 Å². The van der Waals surface area contributed by atoms with Crippen molar-refractivity contribution in [1.82, 2.24) is 24.6 Å². The SMILES string of the molecule is C=CC(=O)Nc1cccc(CN2CCc3c(C)nc(Nc4cnn(CCN(C)C)c4)nc32)c1. The van der Waals surface area contributed by atoms with Crippen molar-refractivity contribution in [3.05, 3.63) is 66.1 Å². The number of aryl methyl sites for hydroxylation is 1. The Labute approximate surface area is 194 Å². The number of likely N-dealkylation sites (N-methyl/N-ethyl adjacent to an activating group) is 1. The fraction of sp³-hybridized carbons (Fsp3) is 0.333. The van der Waals surface area contributed by atoms with Crippen LogP contribution in [0.2, 0.25) is 0 Å². The van der Waals surface area contributed by atoms with Crippen molar-refractivity contribution in [2.75, 3.05) is 42.7 Å². The molecule has 9 nitrogen and oxygen atoms in total. The molecule has 1 aliphatic heterocycles. The lowest BCUT2D eigenvalue weighted by Crippen LogP contribution is -2.21. The number of fused-ring (bicyclic) bond motifs is 1. The van der Waals surface area contributed by atoms with Crippen LogP contribution in [0.5, 0.6) is 0 Å². The monoisotopic (exact) mass is 446 g/mol. The van der Waals surface area contributed by atoms with Gasteiger partial charge in [-0.25, -0.2) is 4.98 Å². The quantitative estimate of drug-likeness (QED) is 0.488. The molecular weight excluding hydrogens is 416 g/mol. The first-order valence-electron chi connectivity index (χ1n) is 11.0. The molecule has 0 atom stereocenters. The second-order valence-corrected chi connectivity index (χ2v) is 8.42. The number of anilines is 4. The second-order valence-electron chi connectivity index (χ2n) is 8.42. The van der Waals surface area contributed by atoms with Gasteiger partial charge >= 0.3 is 0 Å². The predicted molar refractivity (Wildman–Crippen MR) is 131 cm³/mol. The number of carbonyl (C=O) groups is 1. The van der Waals surface area contributed by atoms with Crippen LogP contribution in [0.3, 0.4) is 0 Å². The first-order chi connectivity index (χ1) is 15.9. The average Bonchev–Trinajstić information content (AvgIpc) is 3.40. The fourth-order valence-corrected chi connectivity index (χ4v) is 3.84. The van der Waals surface area contributed by atoms with Gasteiger partial charge in [-0.2, -0.15) is 10.1 Å². The Bertz CT molecular complexity index is 1150. The molecule has 2 aromatic heterocycles. The van der Waals surface area contributed by atoms with Crippen molar-refractivity contribution >= 4 is 29.0 Å². The summed E-state index contributed by atoms with van der Waals surface area (Å²) in [5.41, 5.74) is 4.88. The molecule has 0 saturated carbocycles. The molecule has 0 unspecified atom stereocenters. The summed E-state index contributed by atoms with van der Waals surface area (Å²) in [7, 11) is 4.09. The smallest absolute Gasteiger partial charge is 0.247 e. The van der Waals surface area contributed by atoms with E-state index in [0.717, 1.165) is 54.5 Å². The number of rotatable bonds is 9. The molecule has 0 aliphatic carbocycles. The van der Waals surface area contributed by atoms with Crippen LogP contribution in [0.4, 0.5) is 23.1 Å². The Morgan fingerprint density at radius 3 is 2.91 bits per heavy atom. The molecule has 3 aromatic rings. The van der Waals surface area contributed by atoms with E-state index in [2.05, 4.69) is 43.2 Å². The lowest BCUT2D eigenvalue weighted by molar-refractivity contribution is -0.111. The van der Waals surface area contributed by atoms with Crippen LogP contribution in [-0.4, -0.2) is 57.7 Å². The number of carbonyl (C=O) groups excluding carboxylic acids is 1. The average molecular weight is 447 g/mol. The molecule has 0 spiro atoms. The number of benzene rings is 1. The first kappa shape index (κ1) is 22.5. The summed E-state index contributed by atoms with van der Waals surface area (Å²) in [5, 5.41) is 10.5. The maximum absolute atomic E-state index is 11.6. The van der Waals surface area contributed by atoms with Crippen LogP contribution in [-0.2, 0) is 24.3 Å². The van der Waals surface area contributed by atoms with E-state index in [0.29, 0.717) is 12.5 Å². The van der Waals surface area contributed by atoms with Gasteiger partial charge < -0.3 is 20.4 Å². The van der Waals surface area contributed by atoms with E-state index in [1.54, 1.807) is 6.20 Å². The van der Waals surface area contributed by atoms with Gasteiger partial charge in [0, 0.05) is 42.8 Å². The van der Waals surface area contributed by atoms with Crippen LogP contribution in [0.25, 0.3) is 0 Å². The third-order valence-electron chi connectivity index (χ3n) is 5.54. The van der Waals surface area contributed by atoms with Gasteiger partial charge in [-0.3, -0.25) is 9.48 Å². The van der Waals surface area contributed by atoms with E-state index in [1.807, 2.05) is 50.1 Å². The number of aromatic nitrogens is 4. The van der Waals surface area contributed by atoms with E-state index in [9.17, 15) is 4.79 Å². The third-order valence-corrected chi connectivity index (χ3v) is 5.54. The van der Waals surface area contributed by atoms with Crippen molar-refractivity contribution in [3.63, 3.8) is 0 Å². The standard InChI is InChI=1S/C24H30N8O/c1-5-22(33)27-19-8-6-7-18(13-19)15-31-10-9-21-17(2)26-24(29-23(21)31)28-20-14-25-32(16-20)12-11-30(3)4/h5-8,13-14,16H,1,9-12,15H2,2-4H3,(H,27,33)(H,26,28,29). The Kier molecular flexibility index (Phi) is 6.69. The summed E-state index contributed by atoms with van der Waals surface area (Å²) in [5.74, 6) is 1.30. The molecule has 2 N–H and O–H groups in total. The number of amides is 1. The Hall–Kier alpha value is -3.72. The van der Waals surface area contributed by atoms with Crippen molar-refractivity contribution in [2.24, 2.45) is 0 Å². The van der Waals surface area contributed by atoms with Gasteiger partial charge in [0.2, 0.25) is 11.9 Å². The highest BCUT2D eigenvalue weighted by Crippen LogP contribution is 2.31. The zero-order valence-corrected chi connectivity index (χ0v) is 19.4. The van der Waals surface area contributed by atoms with Crippen molar-refractivity contribution in [1.29, 1.82) is 0 Å². The molecule has 0 saturated heterocycles. The molecule has 0 fully saturated rings. The van der Waals surface area contributed by atoms with E-state index < -0.39 is 0 Å². The van der Waals surface area contributed by atoms with Crippen LogP contribution in [0.15, 0.2) is 49.3 Å². The minimum absolute atomic E-state index is 0.220. The van der Waals surface area contributed by atoms with Crippen LogP contribution < -0.4 is 15.5 Å². The van der Waals surface area contributed by atoms with Crippen molar-refractivity contribution < 1.29 is 4.79 Å². The highest BCUT2D eigenvalue weighted by atomic mass is 16.1. The van der Waals surface area contributed by atoms with E-state index in [1.165, 1.54) is 11.6 Å². The maximum Gasteiger partial charge on any atom is 0.247 e. The Morgan fingerprint density at radius 2 is 2.12 bits per heavy atom. The maximum atomic E-state index is 11.6. The number of nitrogens with one attached hydrogen (secondary N) is 2. The molecule has 0 radical (unpaired) electrons. The Morgan fingerprint density at radius 1 is 1.27 bits per heavy atom. The van der Waals surface area contributed by atoms with E-state index in [4.69, 9.17) is 4.98 Å². The summed E-state index contributed by atoms with van der Waals surface area (Å²) >= 11 is 0. The normalized spacial score (nSPS) is 12.7. The minimum Gasteiger partial charge on any atom is -0.352 e. The highest BCUT2D eigenvalue weighted by molar-refractivity contribution is 5.98. The summed E-state index contributed by atoms with van der Waals surface area (Å²) in [6.07, 6.45) is 5.94. The molecule has 0 bridgehead atoms. The van der Waals surface area contributed by atoms with Crippen LogP contribution >= 0.6 is 0 Å². The first-order valence-corrected chi connectivity index (χ1v) is 11.0. The molecule has 1 aliphatic rings. The summed E-state index contributed by atoms with van der Waals surface area (Å²) in [6, 6.07) is 7.85. The molecule has 172 valence electrons. The molecule has 4 rings (SSSR count). The third kappa shape index (κ3) is 5.56. The zero-order valence-electron chi connectivity index (χ0n) is 19.4. The molecule has 9 heteroatoms. The largest absolute Gasteiger partial charge is 0.352 e. The van der Waals surface area contributed by atoms with Gasteiger partial charge in [-0.1, -0.05) is 18.7 Å². The molecule has 1 amide bonds. The van der Waals surface area contributed by atoms with Gasteiger partial charge in [0.25, 0.3) is 0 Å². The molecule has 33 heavy (non-hydrogen) atoms. The topological polar surface area (TPSA) is 91.2 Å². The van der Waals surface area contributed by atoms with Crippen LogP contribution in [0, 0.1) is 6.92 Å². The van der Waals surface area contributed by atoms with E-state index in [-0.39, 0.29) is 5.91 Å². The highest BCUT2D eigenvalue weighted by Gasteiger charge is 2.24. The Balaban J connectivity index is 1.49. The van der Waals surface area contributed by atoms with Gasteiger partial charge in [0.15, 0.2) is 0 Å². The van der Waals surface area contributed by atoms with Gasteiger partial charge in [-0.15, -0.1) is 0 Å². The lowest BCUT2D eigenvalue weighted by Gasteiger charge is -2.19. The molecule has 1 aromatic carbocycles.